The summed E-state index contributed by atoms with van der Waals surface area (Å²) in [5.41, 5.74) is 4.51. The van der Waals surface area contributed by atoms with Crippen molar-refractivity contribution in [2.75, 3.05) is 0 Å². The van der Waals surface area contributed by atoms with E-state index >= 15 is 0 Å². The predicted octanol–water partition coefficient (Wildman–Crippen LogP) is 4.01. The summed E-state index contributed by atoms with van der Waals surface area (Å²) >= 11 is 3.63. The van der Waals surface area contributed by atoms with Crippen LogP contribution in [0.4, 0.5) is 0 Å². The Kier molecular flexibility index (Phi) is 6.98. The van der Waals surface area contributed by atoms with Crippen LogP contribution in [0.15, 0.2) is 65.1 Å². The van der Waals surface area contributed by atoms with Crippen LogP contribution in [0.2, 0.25) is 0 Å². The molecule has 0 aliphatic rings. The number of para-hydroxylation sites is 1. The number of fused-ring (bicyclic) bond motifs is 3. The molecule has 4 aromatic rings. The minimum atomic E-state index is 0. The number of aromatic nitrogens is 1. The fraction of sp³-hybridized carbons (Fsp3) is 0. The molecule has 1 aromatic heterocycles. The number of rotatable bonds is 1. The molecule has 0 fully saturated rings. The van der Waals surface area contributed by atoms with Gasteiger partial charge in [-0.25, -0.2) is 0 Å². The van der Waals surface area contributed by atoms with Gasteiger partial charge in [0.15, 0.2) is 0 Å². The van der Waals surface area contributed by atoms with E-state index in [1.807, 2.05) is 28.8 Å². The second-order valence-electron chi connectivity index (χ2n) is 5.07. The molecule has 1 radical (unpaired) electrons. The molecule has 0 unspecified atom stereocenters. The molecule has 3 nitrogen and oxygen atoms in total. The molecule has 4 N–H and O–H groups in total. The van der Waals surface area contributed by atoms with Crippen LogP contribution in [0, 0.1) is 13.1 Å². The predicted molar refractivity (Wildman–Crippen MR) is 99.4 cm³/mol. The fourth-order valence-corrected chi connectivity index (χ4v) is 3.38. The summed E-state index contributed by atoms with van der Waals surface area (Å²) < 4.78 is 3.09. The van der Waals surface area contributed by atoms with Gasteiger partial charge in [0.05, 0.1) is 0 Å². The molecule has 0 saturated carbocycles. The minimum Gasteiger partial charge on any atom is -0.488 e. The maximum absolute atomic E-state index is 4.24. The van der Waals surface area contributed by atoms with Gasteiger partial charge in [-0.05, 0) is 0 Å². The van der Waals surface area contributed by atoms with Gasteiger partial charge in [-0.3, -0.25) is 0 Å². The Morgan fingerprint density at radius 1 is 0.917 bits per heavy atom. The molecule has 1 heterocycles. The van der Waals surface area contributed by atoms with Crippen molar-refractivity contribution in [3.05, 3.63) is 78.3 Å². The average Bonchev–Trinajstić information content (AvgIpc) is 2.81. The molecule has 5 heteroatoms. The third-order valence-electron chi connectivity index (χ3n) is 3.83. The van der Waals surface area contributed by atoms with E-state index in [0.29, 0.717) is 0 Å². The van der Waals surface area contributed by atoms with E-state index in [0.717, 1.165) is 26.6 Å². The topological polar surface area (TPSA) is 67.9 Å². The first-order chi connectivity index (χ1) is 10.3. The van der Waals surface area contributed by atoms with Gasteiger partial charge in [-0.15, -0.1) is 42.9 Å². The van der Waals surface area contributed by atoms with Gasteiger partial charge in [0, 0.05) is 30.3 Å². The van der Waals surface area contributed by atoms with Crippen LogP contribution in [-0.4, -0.2) is 15.5 Å². The summed E-state index contributed by atoms with van der Waals surface area (Å²) in [7, 11) is 4.24. The summed E-state index contributed by atoms with van der Waals surface area (Å²) in [5, 5.41) is 2.43. The first-order valence-corrected chi connectivity index (χ1v) is 7.55. The third kappa shape index (κ3) is 3.22. The smallest absolute Gasteiger partial charge is 0.00752 e. The largest absolute Gasteiger partial charge is 0.488 e. The van der Waals surface area contributed by atoms with Crippen LogP contribution >= 0.6 is 15.9 Å². The van der Waals surface area contributed by atoms with Crippen LogP contribution in [0.3, 0.4) is 0 Å². The van der Waals surface area contributed by atoms with Crippen molar-refractivity contribution in [2.45, 2.75) is 0 Å². The van der Waals surface area contributed by atoms with Gasteiger partial charge in [0.25, 0.3) is 0 Å². The minimum absolute atomic E-state index is 0. The van der Waals surface area contributed by atoms with Gasteiger partial charge in [0.1, 0.15) is 0 Å². The molecule has 0 aliphatic heterocycles. The molecule has 0 amide bonds. The van der Waals surface area contributed by atoms with E-state index < -0.39 is 0 Å². The number of benzene rings is 3. The summed E-state index contributed by atoms with van der Waals surface area (Å²) in [5.74, 6) is 0. The zero-order valence-corrected chi connectivity index (χ0v) is 16.3. The standard InChI is InChI=1S/C19H12BrN.2H2O.Sc/c1-21-18-10-6-5-9-15(18)17-12-14(20)11-16(19(17)21)13-7-3-2-4-8-13;;;/h2-7,9-12H,1H2;2*1H2;/q-2;;;. The molecule has 4 rings (SSSR count). The molecule has 0 saturated heterocycles. The summed E-state index contributed by atoms with van der Waals surface area (Å²) in [4.78, 5) is 0. The molecular formula is C19H16BrNO2Sc-2. The van der Waals surface area contributed by atoms with E-state index in [1.165, 1.54) is 10.8 Å². The summed E-state index contributed by atoms with van der Waals surface area (Å²) in [6.07, 6.45) is 0. The van der Waals surface area contributed by atoms with Gasteiger partial charge >= 0.3 is 0 Å². The number of halogens is 1. The maximum Gasteiger partial charge on any atom is 0.00752 e. The van der Waals surface area contributed by atoms with Crippen LogP contribution in [-0.2, 0) is 25.8 Å². The Morgan fingerprint density at radius 2 is 1.62 bits per heavy atom. The fourth-order valence-electron chi connectivity index (χ4n) is 2.92. The summed E-state index contributed by atoms with van der Waals surface area (Å²) in [6, 6.07) is 24.0. The van der Waals surface area contributed by atoms with Gasteiger partial charge in [0.2, 0.25) is 0 Å². The van der Waals surface area contributed by atoms with E-state index in [-0.39, 0.29) is 36.8 Å². The monoisotopic (exact) mass is 414 g/mol. The average molecular weight is 415 g/mol. The van der Waals surface area contributed by atoms with Crippen molar-refractivity contribution in [3.63, 3.8) is 0 Å². The first-order valence-electron chi connectivity index (χ1n) is 6.76. The molecule has 0 aliphatic carbocycles. The SMILES string of the molecule is O.O.[CH2-]n1c2ccccc2c2cc(Br)cc(-c3[c-]cccc3)c21.[Sc]. The Balaban J connectivity index is 0.000000960. The van der Waals surface area contributed by atoms with E-state index in [9.17, 15) is 0 Å². The number of hydrogen-bond acceptors (Lipinski definition) is 0. The van der Waals surface area contributed by atoms with E-state index in [1.54, 1.807) is 0 Å². The van der Waals surface area contributed by atoms with E-state index in [2.05, 4.69) is 65.4 Å². The normalized spacial score (nSPS) is 9.88. The molecule has 24 heavy (non-hydrogen) atoms. The number of hydrogen-bond donors (Lipinski definition) is 0. The quantitative estimate of drug-likeness (QED) is 0.422. The Bertz CT molecular complexity index is 967. The van der Waals surface area contributed by atoms with Crippen molar-refractivity contribution in [3.8, 4) is 11.1 Å². The molecule has 0 atom stereocenters. The zero-order chi connectivity index (χ0) is 14.4. The molecule has 0 spiro atoms. The Morgan fingerprint density at radius 3 is 2.33 bits per heavy atom. The maximum atomic E-state index is 4.24. The van der Waals surface area contributed by atoms with Crippen molar-refractivity contribution in [1.82, 2.24) is 4.57 Å². The zero-order valence-electron chi connectivity index (χ0n) is 12.9. The van der Waals surface area contributed by atoms with Crippen LogP contribution in [0.5, 0.6) is 0 Å². The molecular weight excluding hydrogens is 399 g/mol. The number of nitrogens with zero attached hydrogens (tertiary/aromatic N) is 1. The van der Waals surface area contributed by atoms with Crippen molar-refractivity contribution in [1.29, 1.82) is 0 Å². The van der Waals surface area contributed by atoms with Crippen LogP contribution in [0.1, 0.15) is 0 Å². The second kappa shape index (κ2) is 8.12. The first kappa shape index (κ1) is 20.6. The second-order valence-corrected chi connectivity index (χ2v) is 5.99. The molecule has 121 valence electrons. The van der Waals surface area contributed by atoms with Gasteiger partial charge in [-0.2, -0.15) is 5.56 Å². The Labute approximate surface area is 167 Å². The van der Waals surface area contributed by atoms with Gasteiger partial charge < -0.3 is 15.5 Å². The van der Waals surface area contributed by atoms with Crippen LogP contribution in [0.25, 0.3) is 32.9 Å². The summed E-state index contributed by atoms with van der Waals surface area (Å²) in [6.45, 7) is 0. The van der Waals surface area contributed by atoms with Crippen molar-refractivity contribution < 1.29 is 36.8 Å². The molecule has 0 bridgehead atoms. The molecule has 3 aromatic carbocycles. The van der Waals surface area contributed by atoms with Gasteiger partial charge in [-0.1, -0.05) is 74.1 Å². The Hall–Kier alpha value is -1.40. The van der Waals surface area contributed by atoms with Crippen molar-refractivity contribution >= 4 is 37.7 Å². The van der Waals surface area contributed by atoms with Crippen LogP contribution < -0.4 is 0 Å². The van der Waals surface area contributed by atoms with E-state index in [4.69, 9.17) is 0 Å². The third-order valence-corrected chi connectivity index (χ3v) is 4.29. The van der Waals surface area contributed by atoms with Crippen molar-refractivity contribution in [2.24, 2.45) is 0 Å².